The number of anilines is 1. The van der Waals surface area contributed by atoms with Crippen LogP contribution in [0.15, 0.2) is 48.5 Å². The van der Waals surface area contributed by atoms with Crippen LogP contribution in [0.5, 0.6) is 11.5 Å². The van der Waals surface area contributed by atoms with Gasteiger partial charge < -0.3 is 14.8 Å². The second-order valence-electron chi connectivity index (χ2n) is 7.06. The van der Waals surface area contributed by atoms with Crippen LogP contribution in [-0.4, -0.2) is 19.1 Å². The minimum absolute atomic E-state index is 0.195. The van der Waals surface area contributed by atoms with Crippen molar-refractivity contribution < 1.29 is 14.3 Å². The van der Waals surface area contributed by atoms with E-state index in [1.807, 2.05) is 42.5 Å². The lowest BCUT2D eigenvalue weighted by Gasteiger charge is -2.15. The van der Waals surface area contributed by atoms with E-state index in [9.17, 15) is 4.79 Å². The maximum absolute atomic E-state index is 12.8. The second kappa shape index (κ2) is 11.3. The van der Waals surface area contributed by atoms with E-state index >= 15 is 0 Å². The highest BCUT2D eigenvalue weighted by atomic mass is 16.5. The molecule has 4 nitrogen and oxygen atoms in total. The average Bonchev–Trinajstić information content (AvgIpc) is 2.67. The molecule has 0 unspecified atom stereocenters. The lowest BCUT2D eigenvalue weighted by atomic mass is 10.1. The van der Waals surface area contributed by atoms with E-state index in [1.165, 1.54) is 12.8 Å². The van der Waals surface area contributed by atoms with Gasteiger partial charge in [0.2, 0.25) is 0 Å². The van der Waals surface area contributed by atoms with E-state index in [0.717, 1.165) is 12.8 Å². The maximum Gasteiger partial charge on any atom is 0.259 e. The summed E-state index contributed by atoms with van der Waals surface area (Å²) in [4.78, 5) is 12.8. The first kappa shape index (κ1) is 20.8. The molecule has 0 spiro atoms. The Balaban J connectivity index is 2.04. The normalized spacial score (nSPS) is 10.7. The molecule has 0 saturated heterocycles. The predicted molar refractivity (Wildman–Crippen MR) is 111 cm³/mol. The van der Waals surface area contributed by atoms with E-state index in [2.05, 4.69) is 26.1 Å². The Morgan fingerprint density at radius 3 is 2.37 bits per heavy atom. The first-order chi connectivity index (χ1) is 13.1. The lowest BCUT2D eigenvalue weighted by molar-refractivity contribution is 0.102. The third kappa shape index (κ3) is 6.97. The Morgan fingerprint density at radius 1 is 0.926 bits per heavy atom. The van der Waals surface area contributed by atoms with E-state index in [1.54, 1.807) is 6.07 Å². The van der Waals surface area contributed by atoms with Crippen LogP contribution < -0.4 is 14.8 Å². The van der Waals surface area contributed by atoms with Gasteiger partial charge in [-0.05, 0) is 36.6 Å². The summed E-state index contributed by atoms with van der Waals surface area (Å²) in [6, 6.07) is 14.9. The zero-order valence-corrected chi connectivity index (χ0v) is 16.7. The molecule has 0 aliphatic carbocycles. The van der Waals surface area contributed by atoms with Gasteiger partial charge in [0.1, 0.15) is 11.5 Å². The smallest absolute Gasteiger partial charge is 0.259 e. The number of unbranched alkanes of at least 4 members (excludes halogenated alkanes) is 3. The van der Waals surface area contributed by atoms with Crippen molar-refractivity contribution in [2.45, 2.75) is 46.5 Å². The molecule has 0 saturated carbocycles. The number of carbonyl (C=O) groups is 1. The fraction of sp³-hybridized carbons (Fsp3) is 0.435. The van der Waals surface area contributed by atoms with Gasteiger partial charge in [0.25, 0.3) is 5.91 Å². The summed E-state index contributed by atoms with van der Waals surface area (Å²) in [7, 11) is 0. The van der Waals surface area contributed by atoms with E-state index < -0.39 is 0 Å². The summed E-state index contributed by atoms with van der Waals surface area (Å²) in [6.45, 7) is 7.59. The minimum Gasteiger partial charge on any atom is -0.493 e. The third-order valence-electron chi connectivity index (χ3n) is 4.09. The number of amides is 1. The average molecular weight is 370 g/mol. The van der Waals surface area contributed by atoms with Crippen molar-refractivity contribution in [2.24, 2.45) is 5.92 Å². The van der Waals surface area contributed by atoms with Crippen molar-refractivity contribution in [1.29, 1.82) is 0 Å². The van der Waals surface area contributed by atoms with Gasteiger partial charge in [0, 0.05) is 0 Å². The summed E-state index contributed by atoms with van der Waals surface area (Å²) in [5, 5.41) is 2.96. The van der Waals surface area contributed by atoms with Crippen molar-refractivity contribution in [3.63, 3.8) is 0 Å². The van der Waals surface area contributed by atoms with Gasteiger partial charge in [-0.3, -0.25) is 4.79 Å². The number of nitrogens with one attached hydrogen (secondary N) is 1. The summed E-state index contributed by atoms with van der Waals surface area (Å²) in [5.74, 6) is 1.51. The quantitative estimate of drug-likeness (QED) is 0.499. The highest BCUT2D eigenvalue weighted by Gasteiger charge is 2.14. The fourth-order valence-corrected chi connectivity index (χ4v) is 2.63. The van der Waals surface area contributed by atoms with Crippen LogP contribution in [0.25, 0.3) is 0 Å². The van der Waals surface area contributed by atoms with Crippen LogP contribution in [0.4, 0.5) is 5.69 Å². The summed E-state index contributed by atoms with van der Waals surface area (Å²) >= 11 is 0. The number of benzene rings is 2. The molecule has 0 heterocycles. The molecule has 1 N–H and O–H groups in total. The first-order valence-electron chi connectivity index (χ1n) is 9.86. The third-order valence-corrected chi connectivity index (χ3v) is 4.09. The van der Waals surface area contributed by atoms with E-state index in [4.69, 9.17) is 9.47 Å². The number of hydrogen-bond donors (Lipinski definition) is 1. The van der Waals surface area contributed by atoms with Crippen LogP contribution in [0.2, 0.25) is 0 Å². The molecule has 146 valence electrons. The Bertz CT molecular complexity index is 712. The van der Waals surface area contributed by atoms with Crippen molar-refractivity contribution in [3.8, 4) is 11.5 Å². The number of hydrogen-bond acceptors (Lipinski definition) is 3. The fourth-order valence-electron chi connectivity index (χ4n) is 2.63. The molecule has 0 radical (unpaired) electrons. The molecule has 2 rings (SSSR count). The summed E-state index contributed by atoms with van der Waals surface area (Å²) < 4.78 is 11.7. The zero-order chi connectivity index (χ0) is 19.5. The largest absolute Gasteiger partial charge is 0.493 e. The molecule has 4 heteroatoms. The standard InChI is InChI=1S/C23H31NO3/c1-4-5-6-11-16-26-21-14-9-7-12-19(21)23(25)24-20-13-8-10-15-22(20)27-17-18(2)3/h7-10,12-15,18H,4-6,11,16-17H2,1-3H3,(H,24,25). The summed E-state index contributed by atoms with van der Waals surface area (Å²) in [5.41, 5.74) is 1.20. The Morgan fingerprint density at radius 2 is 1.63 bits per heavy atom. The second-order valence-corrected chi connectivity index (χ2v) is 7.06. The first-order valence-corrected chi connectivity index (χ1v) is 9.86. The van der Waals surface area contributed by atoms with Crippen LogP contribution in [0.3, 0.4) is 0 Å². The van der Waals surface area contributed by atoms with Gasteiger partial charge in [-0.2, -0.15) is 0 Å². The molecular weight excluding hydrogens is 338 g/mol. The molecule has 2 aromatic carbocycles. The zero-order valence-electron chi connectivity index (χ0n) is 16.7. The van der Waals surface area contributed by atoms with E-state index in [-0.39, 0.29) is 5.91 Å². The topological polar surface area (TPSA) is 47.6 Å². The number of para-hydroxylation sites is 3. The Labute approximate surface area is 162 Å². The molecule has 2 aromatic rings. The van der Waals surface area contributed by atoms with Gasteiger partial charge in [-0.25, -0.2) is 0 Å². The lowest BCUT2D eigenvalue weighted by Crippen LogP contribution is -2.15. The predicted octanol–water partition coefficient (Wildman–Crippen LogP) is 5.93. The van der Waals surface area contributed by atoms with E-state index in [0.29, 0.717) is 41.9 Å². The molecule has 0 bridgehead atoms. The molecule has 0 aromatic heterocycles. The van der Waals surface area contributed by atoms with Gasteiger partial charge >= 0.3 is 0 Å². The number of rotatable bonds is 11. The minimum atomic E-state index is -0.195. The van der Waals surface area contributed by atoms with Gasteiger partial charge in [-0.1, -0.05) is 64.3 Å². The molecule has 0 fully saturated rings. The molecular formula is C23H31NO3. The molecule has 0 aliphatic rings. The van der Waals surface area contributed by atoms with Crippen LogP contribution in [-0.2, 0) is 0 Å². The van der Waals surface area contributed by atoms with Gasteiger partial charge in [-0.15, -0.1) is 0 Å². The molecule has 27 heavy (non-hydrogen) atoms. The van der Waals surface area contributed by atoms with Crippen molar-refractivity contribution in [2.75, 3.05) is 18.5 Å². The molecule has 0 aliphatic heterocycles. The van der Waals surface area contributed by atoms with Crippen molar-refractivity contribution >= 4 is 11.6 Å². The number of carbonyl (C=O) groups excluding carboxylic acids is 1. The van der Waals surface area contributed by atoms with Crippen LogP contribution >= 0.6 is 0 Å². The SMILES string of the molecule is CCCCCCOc1ccccc1C(=O)Nc1ccccc1OCC(C)C. The summed E-state index contributed by atoms with van der Waals surface area (Å²) in [6.07, 6.45) is 4.54. The monoisotopic (exact) mass is 369 g/mol. The van der Waals surface area contributed by atoms with Crippen LogP contribution in [0.1, 0.15) is 56.8 Å². The molecule has 0 atom stereocenters. The molecule has 1 amide bonds. The Hall–Kier alpha value is -2.49. The van der Waals surface area contributed by atoms with Crippen molar-refractivity contribution in [3.05, 3.63) is 54.1 Å². The van der Waals surface area contributed by atoms with Gasteiger partial charge in [0.05, 0.1) is 24.5 Å². The van der Waals surface area contributed by atoms with Gasteiger partial charge in [0.15, 0.2) is 0 Å². The highest BCUT2D eigenvalue weighted by Crippen LogP contribution is 2.26. The number of ether oxygens (including phenoxy) is 2. The highest BCUT2D eigenvalue weighted by molar-refractivity contribution is 6.06. The van der Waals surface area contributed by atoms with Crippen molar-refractivity contribution in [1.82, 2.24) is 0 Å². The Kier molecular flexibility index (Phi) is 8.69. The maximum atomic E-state index is 12.8. The van der Waals surface area contributed by atoms with Crippen LogP contribution in [0, 0.1) is 5.92 Å².